The van der Waals surface area contributed by atoms with Gasteiger partial charge in [0.05, 0.1) is 89.4 Å². The van der Waals surface area contributed by atoms with Gasteiger partial charge in [0.2, 0.25) is 5.75 Å². The maximum Gasteiger partial charge on any atom is 0.251 e. The predicted molar refractivity (Wildman–Crippen MR) is 225 cm³/mol. The minimum absolute atomic E-state index is 0.112. The van der Waals surface area contributed by atoms with E-state index >= 15 is 0 Å². The summed E-state index contributed by atoms with van der Waals surface area (Å²) in [5.41, 5.74) is 12.8. The number of nitrogens with zero attached hydrogens (tertiary/aromatic N) is 2. The van der Waals surface area contributed by atoms with Crippen molar-refractivity contribution in [2.24, 2.45) is 11.6 Å². The molecule has 0 aliphatic carbocycles. The summed E-state index contributed by atoms with van der Waals surface area (Å²) < 4.78 is 33.8. The number of phenols is 2. The zero-order chi connectivity index (χ0) is 41.6. The van der Waals surface area contributed by atoms with Gasteiger partial charge < -0.3 is 59.3 Å². The number of nitrogens with one attached hydrogen (secondary N) is 1. The molecule has 59 heavy (non-hydrogen) atoms. The first kappa shape index (κ1) is 42.7. The van der Waals surface area contributed by atoms with Crippen LogP contribution in [-0.4, -0.2) is 107 Å². The van der Waals surface area contributed by atoms with E-state index in [1.807, 2.05) is 30.3 Å². The molecular formula is C44H51N5O10. The number of hydrogen-bond acceptors (Lipinski definition) is 14. The molecule has 5 aromatic rings. The summed E-state index contributed by atoms with van der Waals surface area (Å²) in [6.07, 6.45) is 0. The van der Waals surface area contributed by atoms with Gasteiger partial charge in [-0.15, -0.1) is 0 Å². The van der Waals surface area contributed by atoms with E-state index in [-0.39, 0.29) is 28.1 Å². The molecule has 0 saturated carbocycles. The number of anilines is 1. The summed E-state index contributed by atoms with van der Waals surface area (Å²) in [6, 6.07) is 26.6. The highest BCUT2D eigenvalue weighted by Crippen LogP contribution is 2.36. The Kier molecular flexibility index (Phi) is 15.3. The van der Waals surface area contributed by atoms with Crippen LogP contribution in [0.3, 0.4) is 0 Å². The fraction of sp³-hybridized carbons (Fsp3) is 0.318. The second-order valence-corrected chi connectivity index (χ2v) is 13.7. The van der Waals surface area contributed by atoms with E-state index in [1.165, 1.54) is 18.2 Å². The van der Waals surface area contributed by atoms with Crippen LogP contribution >= 0.6 is 0 Å². The summed E-state index contributed by atoms with van der Waals surface area (Å²) in [7, 11) is 2.06. The second-order valence-electron chi connectivity index (χ2n) is 13.7. The molecule has 0 bridgehead atoms. The molecule has 15 nitrogen and oxygen atoms in total. The van der Waals surface area contributed by atoms with Crippen molar-refractivity contribution in [1.29, 1.82) is 0 Å². The van der Waals surface area contributed by atoms with E-state index < -0.39 is 11.5 Å². The number of hydrogen-bond donors (Lipinski definition) is 5. The zero-order valence-corrected chi connectivity index (χ0v) is 33.1. The molecule has 1 aromatic heterocycles. The molecule has 0 atom stereocenters. The molecule has 1 amide bonds. The van der Waals surface area contributed by atoms with Gasteiger partial charge in [0.15, 0.2) is 16.8 Å². The normalized spacial score (nSPS) is 13.8. The van der Waals surface area contributed by atoms with Crippen LogP contribution < -0.4 is 27.2 Å². The van der Waals surface area contributed by atoms with Crippen molar-refractivity contribution in [3.63, 3.8) is 0 Å². The number of fused-ring (bicyclic) bond motifs is 3. The topological polar surface area (TPSA) is 204 Å². The SMILES string of the molecule is CN1Cc2ccccc2/C(N(N)CCOCCOCCOCCOCCOCCNC(=O)c2ccc(-c3cc(=O)c4ccc(O)c(O)c4o3)cc2)=C(/N)c2ccccc21. The van der Waals surface area contributed by atoms with Crippen molar-refractivity contribution in [1.82, 2.24) is 10.3 Å². The van der Waals surface area contributed by atoms with E-state index in [1.54, 1.807) is 29.3 Å². The van der Waals surface area contributed by atoms with Crippen molar-refractivity contribution in [2.45, 2.75) is 6.54 Å². The number of carbonyl (C=O) groups is 1. The van der Waals surface area contributed by atoms with Gasteiger partial charge in [-0.1, -0.05) is 54.6 Å². The Labute approximate surface area is 342 Å². The maximum absolute atomic E-state index is 12.6. The van der Waals surface area contributed by atoms with Crippen LogP contribution in [0.5, 0.6) is 11.5 Å². The lowest BCUT2D eigenvalue weighted by atomic mass is 9.96. The molecule has 2 heterocycles. The molecule has 312 valence electrons. The molecule has 15 heteroatoms. The molecule has 1 aliphatic heterocycles. The first-order chi connectivity index (χ1) is 28.7. The Morgan fingerprint density at radius 2 is 1.37 bits per heavy atom. The lowest BCUT2D eigenvalue weighted by Gasteiger charge is -2.32. The van der Waals surface area contributed by atoms with Gasteiger partial charge in [0.25, 0.3) is 5.91 Å². The van der Waals surface area contributed by atoms with Gasteiger partial charge >= 0.3 is 0 Å². The second kappa shape index (κ2) is 21.2. The molecule has 0 saturated heterocycles. The van der Waals surface area contributed by atoms with Crippen molar-refractivity contribution in [3.8, 4) is 22.8 Å². The minimum atomic E-state index is -0.511. The third kappa shape index (κ3) is 11.2. The zero-order valence-electron chi connectivity index (χ0n) is 33.1. The van der Waals surface area contributed by atoms with E-state index in [0.717, 1.165) is 34.6 Å². The molecular weight excluding hydrogens is 759 g/mol. The van der Waals surface area contributed by atoms with Crippen molar-refractivity contribution in [3.05, 3.63) is 123 Å². The first-order valence-corrected chi connectivity index (χ1v) is 19.4. The average molecular weight is 810 g/mol. The Hall–Kier alpha value is -5.94. The van der Waals surface area contributed by atoms with Crippen LogP contribution in [0.15, 0.2) is 100 Å². The molecule has 0 fully saturated rings. The minimum Gasteiger partial charge on any atom is -0.504 e. The molecule has 0 unspecified atom stereocenters. The molecule has 1 aliphatic rings. The van der Waals surface area contributed by atoms with Crippen molar-refractivity contribution < 1.29 is 43.1 Å². The Morgan fingerprint density at radius 1 is 0.780 bits per heavy atom. The van der Waals surface area contributed by atoms with E-state index in [2.05, 4.69) is 35.5 Å². The number of para-hydroxylation sites is 1. The molecule has 7 N–H and O–H groups in total. The van der Waals surface area contributed by atoms with Crippen LogP contribution in [0.25, 0.3) is 33.7 Å². The highest BCUT2D eigenvalue weighted by molar-refractivity contribution is 5.95. The van der Waals surface area contributed by atoms with Crippen LogP contribution in [-0.2, 0) is 30.2 Å². The van der Waals surface area contributed by atoms with E-state index in [9.17, 15) is 19.8 Å². The number of ether oxygens (including phenoxy) is 5. The monoisotopic (exact) mass is 809 g/mol. The van der Waals surface area contributed by atoms with Gasteiger partial charge in [-0.2, -0.15) is 0 Å². The summed E-state index contributed by atoms with van der Waals surface area (Å²) in [4.78, 5) is 27.3. The highest BCUT2D eigenvalue weighted by atomic mass is 16.6. The fourth-order valence-corrected chi connectivity index (χ4v) is 6.56. The number of amides is 1. The van der Waals surface area contributed by atoms with Crippen molar-refractivity contribution >= 4 is 34.0 Å². The van der Waals surface area contributed by atoms with Crippen LogP contribution in [0, 0.1) is 0 Å². The van der Waals surface area contributed by atoms with Crippen LogP contribution in [0.2, 0.25) is 0 Å². The summed E-state index contributed by atoms with van der Waals surface area (Å²) in [5, 5.41) is 24.5. The fourth-order valence-electron chi connectivity index (χ4n) is 6.56. The number of rotatable bonds is 21. The number of carbonyl (C=O) groups excluding carboxylic acids is 1. The molecule has 0 radical (unpaired) electrons. The highest BCUT2D eigenvalue weighted by Gasteiger charge is 2.23. The lowest BCUT2D eigenvalue weighted by molar-refractivity contribution is -0.0113. The summed E-state index contributed by atoms with van der Waals surface area (Å²) in [6.45, 7) is 5.48. The number of hydrazine groups is 1. The third-order valence-corrected chi connectivity index (χ3v) is 9.61. The third-order valence-electron chi connectivity index (χ3n) is 9.61. The Bertz CT molecular complexity index is 2260. The quantitative estimate of drug-likeness (QED) is 0.0304. The Morgan fingerprint density at radius 3 is 2.05 bits per heavy atom. The number of nitrogens with two attached hydrogens (primary N) is 2. The molecule has 4 aromatic carbocycles. The standard InChI is InChI=1S/C44H51N5O10/c1-48-29-32-6-2-3-7-33(32)41(40(45)34-8-4-5-9-36(34)48)49(46)17-19-55-21-23-57-25-27-58-26-24-56-22-20-54-18-16-47-44(53)31-12-10-30(11-13-31)39-28-38(51)35-14-15-37(50)42(52)43(35)59-39/h2-15,28,50,52H,16-27,29,45-46H2,1H3,(H,47,53)/b41-40-. The first-order valence-electron chi connectivity index (χ1n) is 19.4. The smallest absolute Gasteiger partial charge is 0.251 e. The summed E-state index contributed by atoms with van der Waals surface area (Å²) in [5.74, 6) is 5.60. The predicted octanol–water partition coefficient (Wildman–Crippen LogP) is 4.29. The van der Waals surface area contributed by atoms with Crippen LogP contribution in [0.1, 0.15) is 27.0 Å². The average Bonchev–Trinajstić information content (AvgIpc) is 3.24. The van der Waals surface area contributed by atoms with E-state index in [4.69, 9.17) is 39.7 Å². The molecule has 0 spiro atoms. The Balaban J connectivity index is 0.769. The molecule has 6 rings (SSSR count). The number of benzene rings is 4. The lowest BCUT2D eigenvalue weighted by Crippen LogP contribution is -2.36. The maximum atomic E-state index is 12.6. The van der Waals surface area contributed by atoms with Gasteiger partial charge in [0, 0.05) is 54.1 Å². The van der Waals surface area contributed by atoms with Gasteiger partial charge in [-0.25, -0.2) is 5.84 Å². The number of phenolic OH excluding ortho intramolecular Hbond substituents is 2. The van der Waals surface area contributed by atoms with Gasteiger partial charge in [0.1, 0.15) is 5.76 Å². The summed E-state index contributed by atoms with van der Waals surface area (Å²) >= 11 is 0. The van der Waals surface area contributed by atoms with Crippen molar-refractivity contribution in [2.75, 3.05) is 91.1 Å². The van der Waals surface area contributed by atoms with Crippen LogP contribution in [0.4, 0.5) is 5.69 Å². The number of aromatic hydroxyl groups is 2. The largest absolute Gasteiger partial charge is 0.504 e. The van der Waals surface area contributed by atoms with Gasteiger partial charge in [-0.05, 0) is 35.9 Å². The van der Waals surface area contributed by atoms with E-state index in [0.29, 0.717) is 96.0 Å². The van der Waals surface area contributed by atoms with Gasteiger partial charge in [-0.3, -0.25) is 9.59 Å².